The molecule has 44 heavy (non-hydrogen) atoms. The number of anilines is 1. The molecule has 1 amide bonds. The van der Waals surface area contributed by atoms with E-state index in [1.165, 1.54) is 12.1 Å². The number of hydrogen-bond acceptors (Lipinski definition) is 8. The second-order valence-electron chi connectivity index (χ2n) is 11.7. The highest BCUT2D eigenvalue weighted by atomic mass is 32.2. The summed E-state index contributed by atoms with van der Waals surface area (Å²) >= 11 is 0. The number of aromatic amines is 2. The molecule has 0 spiro atoms. The van der Waals surface area contributed by atoms with Crippen molar-refractivity contribution in [2.75, 3.05) is 11.6 Å². The minimum absolute atomic E-state index is 0.123. The van der Waals surface area contributed by atoms with E-state index in [-0.39, 0.29) is 11.5 Å². The number of carbonyl (C=O) groups is 1. The number of nitrogens with zero attached hydrogens (tertiary/aromatic N) is 4. The maximum Gasteiger partial charge on any atom is 0.229 e. The number of halogens is 1. The molecule has 0 aliphatic heterocycles. The molecular formula is C31H29FN8O3S. The topological polar surface area (TPSA) is 172 Å². The van der Waals surface area contributed by atoms with E-state index in [1.54, 1.807) is 30.9 Å². The van der Waals surface area contributed by atoms with Gasteiger partial charge in [0.1, 0.15) is 11.2 Å². The molecule has 0 aliphatic rings. The Balaban J connectivity index is 1.40. The molecule has 0 fully saturated rings. The molecule has 5 aromatic heterocycles. The molecule has 6 rings (SSSR count). The second kappa shape index (κ2) is 10.6. The monoisotopic (exact) mass is 612 g/mol. The van der Waals surface area contributed by atoms with E-state index >= 15 is 0 Å². The molecule has 13 heteroatoms. The molecule has 224 valence electrons. The van der Waals surface area contributed by atoms with Crippen molar-refractivity contribution < 1.29 is 17.6 Å². The van der Waals surface area contributed by atoms with E-state index in [1.807, 2.05) is 39.0 Å². The Kier molecular flexibility index (Phi) is 7.01. The van der Waals surface area contributed by atoms with E-state index < -0.39 is 26.4 Å². The van der Waals surface area contributed by atoms with Gasteiger partial charge >= 0.3 is 0 Å². The maximum atomic E-state index is 14.7. The third-order valence-electron chi connectivity index (χ3n) is 7.22. The van der Waals surface area contributed by atoms with Gasteiger partial charge in [0.25, 0.3) is 0 Å². The number of sulfone groups is 1. The average molecular weight is 613 g/mol. The van der Waals surface area contributed by atoms with Crippen molar-refractivity contribution in [3.8, 4) is 33.8 Å². The zero-order valence-corrected chi connectivity index (χ0v) is 25.1. The lowest BCUT2D eigenvalue weighted by molar-refractivity contribution is -0.123. The van der Waals surface area contributed by atoms with Gasteiger partial charge in [0.15, 0.2) is 15.5 Å². The van der Waals surface area contributed by atoms with Gasteiger partial charge < -0.3 is 16.0 Å². The van der Waals surface area contributed by atoms with Gasteiger partial charge in [-0.1, -0.05) is 20.8 Å². The first kappa shape index (κ1) is 29.1. The van der Waals surface area contributed by atoms with Crippen LogP contribution >= 0.6 is 0 Å². The molecule has 0 aliphatic carbocycles. The van der Waals surface area contributed by atoms with E-state index in [0.717, 1.165) is 34.4 Å². The average Bonchev–Trinajstić information content (AvgIpc) is 3.59. The lowest BCUT2D eigenvalue weighted by Gasteiger charge is -2.17. The normalized spacial score (nSPS) is 13.0. The van der Waals surface area contributed by atoms with Crippen LogP contribution in [-0.2, 0) is 14.6 Å². The number of aromatic nitrogens is 6. The summed E-state index contributed by atoms with van der Waals surface area (Å²) in [6.45, 7) is 5.51. The molecular weight excluding hydrogens is 583 g/mol. The fraction of sp³-hybridized carbons (Fsp3) is 0.194. The van der Waals surface area contributed by atoms with Gasteiger partial charge in [0, 0.05) is 63.2 Å². The molecule has 0 saturated carbocycles. The van der Waals surface area contributed by atoms with Crippen LogP contribution in [0.1, 0.15) is 31.7 Å². The molecule has 6 aromatic rings. The van der Waals surface area contributed by atoms with Crippen LogP contribution in [0.15, 0.2) is 67.3 Å². The van der Waals surface area contributed by atoms with Gasteiger partial charge in [-0.25, -0.2) is 17.8 Å². The molecule has 0 saturated heterocycles. The molecule has 0 bridgehead atoms. The molecule has 1 atom stereocenters. The number of nitrogens with two attached hydrogens (primary N) is 1. The molecule has 11 nitrogen and oxygen atoms in total. The first-order valence-corrected chi connectivity index (χ1v) is 15.6. The highest BCUT2D eigenvalue weighted by Gasteiger charge is 2.23. The summed E-state index contributed by atoms with van der Waals surface area (Å²) in [4.78, 5) is 29.2. The van der Waals surface area contributed by atoms with Crippen LogP contribution in [0.5, 0.6) is 0 Å². The van der Waals surface area contributed by atoms with Crippen molar-refractivity contribution >= 4 is 43.4 Å². The molecule has 5 heterocycles. The predicted octanol–water partition coefficient (Wildman–Crippen LogP) is 5.36. The number of rotatable bonds is 6. The van der Waals surface area contributed by atoms with E-state index in [0.29, 0.717) is 39.4 Å². The summed E-state index contributed by atoms with van der Waals surface area (Å²) in [5.41, 5.74) is 11.0. The third-order valence-corrected chi connectivity index (χ3v) is 8.42. The predicted molar refractivity (Wildman–Crippen MR) is 167 cm³/mol. The van der Waals surface area contributed by atoms with Crippen molar-refractivity contribution in [1.29, 1.82) is 0 Å². The highest BCUT2D eigenvalue weighted by molar-refractivity contribution is 7.90. The standard InChI is InChI=1S/C31H29FN8O3S/c1-31(2,3)30(41)37-21-10-18(13-34-15-21)19-11-23-27(39-40-29(23)36-14-19)25-12-22-24(38-25)5-6-35-26(22)16-7-17(9-20(32)8-16)28(33)44(4,42)43/h5-15,28,38H,33H2,1-4H3,(H,37,41)(H,36,39,40). The molecule has 0 radical (unpaired) electrons. The Bertz CT molecular complexity index is 2180. The highest BCUT2D eigenvalue weighted by Crippen LogP contribution is 2.35. The fourth-order valence-electron chi connectivity index (χ4n) is 4.83. The van der Waals surface area contributed by atoms with Crippen molar-refractivity contribution in [2.45, 2.75) is 26.1 Å². The quantitative estimate of drug-likeness (QED) is 0.195. The number of nitrogens with one attached hydrogen (secondary N) is 3. The number of H-pyrrole nitrogens is 2. The van der Waals surface area contributed by atoms with E-state index in [9.17, 15) is 17.6 Å². The molecule has 5 N–H and O–H groups in total. The van der Waals surface area contributed by atoms with Crippen molar-refractivity contribution in [3.05, 3.63) is 78.6 Å². The van der Waals surface area contributed by atoms with Crippen LogP contribution < -0.4 is 11.1 Å². The van der Waals surface area contributed by atoms with Gasteiger partial charge in [-0.05, 0) is 48.0 Å². The van der Waals surface area contributed by atoms with Crippen LogP contribution in [-0.4, -0.2) is 50.7 Å². The lowest BCUT2D eigenvalue weighted by atomic mass is 9.95. The SMILES string of the molecule is CC(C)(C)C(=O)Nc1cncc(-c2cnc3n[nH]c(-c4cc5c(-c6cc(F)cc(C(N)S(C)(=O)=O)c6)nccc5[nH]4)c3c2)c1. The van der Waals surface area contributed by atoms with Crippen LogP contribution in [0.2, 0.25) is 0 Å². The minimum atomic E-state index is -3.65. The number of amides is 1. The second-order valence-corrected chi connectivity index (χ2v) is 13.9. The Labute approximate surface area is 252 Å². The fourth-order valence-corrected chi connectivity index (χ4v) is 5.46. The summed E-state index contributed by atoms with van der Waals surface area (Å²) in [6.07, 6.45) is 7.57. The Morgan fingerprint density at radius 2 is 1.75 bits per heavy atom. The summed E-state index contributed by atoms with van der Waals surface area (Å²) in [5.74, 6) is -0.747. The van der Waals surface area contributed by atoms with Crippen molar-refractivity contribution in [2.24, 2.45) is 11.1 Å². The lowest BCUT2D eigenvalue weighted by Crippen LogP contribution is -2.27. The van der Waals surface area contributed by atoms with Gasteiger partial charge in [-0.15, -0.1) is 0 Å². The van der Waals surface area contributed by atoms with Crippen LogP contribution in [0, 0.1) is 11.2 Å². The summed E-state index contributed by atoms with van der Waals surface area (Å²) in [5, 5.41) is 10.4. The summed E-state index contributed by atoms with van der Waals surface area (Å²) < 4.78 is 38.8. The first-order valence-electron chi connectivity index (χ1n) is 13.6. The number of fused-ring (bicyclic) bond motifs is 2. The zero-order valence-electron chi connectivity index (χ0n) is 24.3. The Hall–Kier alpha value is -5.01. The van der Waals surface area contributed by atoms with Crippen molar-refractivity contribution in [3.63, 3.8) is 0 Å². The summed E-state index contributed by atoms with van der Waals surface area (Å²) in [7, 11) is -3.65. The van der Waals surface area contributed by atoms with Crippen LogP contribution in [0.4, 0.5) is 10.1 Å². The molecule has 1 unspecified atom stereocenters. The van der Waals surface area contributed by atoms with Gasteiger partial charge in [-0.2, -0.15) is 5.10 Å². The van der Waals surface area contributed by atoms with Gasteiger partial charge in [0.05, 0.1) is 29.0 Å². The molecule has 1 aromatic carbocycles. The van der Waals surface area contributed by atoms with E-state index in [2.05, 4.69) is 35.5 Å². The summed E-state index contributed by atoms with van der Waals surface area (Å²) in [6, 6.07) is 11.4. The minimum Gasteiger partial charge on any atom is -0.353 e. The van der Waals surface area contributed by atoms with Gasteiger partial charge in [0.2, 0.25) is 5.91 Å². The number of carbonyl (C=O) groups excluding carboxylic acids is 1. The Morgan fingerprint density at radius 1 is 0.977 bits per heavy atom. The number of benzene rings is 1. The Morgan fingerprint density at radius 3 is 2.50 bits per heavy atom. The number of pyridine rings is 3. The van der Waals surface area contributed by atoms with Crippen LogP contribution in [0.25, 0.3) is 55.7 Å². The van der Waals surface area contributed by atoms with Crippen molar-refractivity contribution in [1.82, 2.24) is 30.1 Å². The van der Waals surface area contributed by atoms with Gasteiger partial charge in [-0.3, -0.25) is 19.9 Å². The number of hydrogen-bond donors (Lipinski definition) is 4. The smallest absolute Gasteiger partial charge is 0.229 e. The third kappa shape index (κ3) is 5.54. The van der Waals surface area contributed by atoms with Crippen LogP contribution in [0.3, 0.4) is 0 Å². The zero-order chi connectivity index (χ0) is 31.4. The van der Waals surface area contributed by atoms with E-state index in [4.69, 9.17) is 5.73 Å². The largest absolute Gasteiger partial charge is 0.353 e. The first-order chi connectivity index (χ1) is 20.8. The maximum absolute atomic E-state index is 14.7.